The minimum atomic E-state index is -5.60. The number of aliphatic hydroxyl groups is 3. The van der Waals surface area contributed by atoms with Crippen LogP contribution in [0.4, 0.5) is 0 Å². The Labute approximate surface area is 380 Å². The molecule has 0 aromatic carbocycles. The van der Waals surface area contributed by atoms with Gasteiger partial charge in [-0.15, -0.1) is 0 Å². The van der Waals surface area contributed by atoms with Gasteiger partial charge in [-0.3, -0.25) is 27.7 Å². The second-order valence-corrected chi connectivity index (χ2v) is 20.6. The molecule has 0 radical (unpaired) electrons. The zero-order chi connectivity index (χ0) is 47.9. The number of carbonyl (C=O) groups excluding carboxylic acids is 2. The van der Waals surface area contributed by atoms with Gasteiger partial charge in [-0.2, -0.15) is 0 Å². The Morgan fingerprint density at radius 3 is 1.25 bits per heavy atom. The number of rotatable bonds is 41. The third-order valence-electron chi connectivity index (χ3n) is 11.0. The highest BCUT2D eigenvalue weighted by Crippen LogP contribution is 2.51. The average Bonchev–Trinajstić information content (AvgIpc) is 3.22. The van der Waals surface area contributed by atoms with E-state index < -0.39 is 91.3 Å². The zero-order valence-corrected chi connectivity index (χ0v) is 40.6. The molecule has 0 heterocycles. The summed E-state index contributed by atoms with van der Waals surface area (Å²) in [5.74, 6) is -1.29. The fraction of sp³-hybridized carbons (Fsp3) is 0.951. The van der Waals surface area contributed by atoms with Gasteiger partial charge < -0.3 is 55.0 Å². The molecule has 23 heteroatoms. The maximum absolute atomic E-state index is 13.1. The first-order valence-corrected chi connectivity index (χ1v) is 28.1. The van der Waals surface area contributed by atoms with Crippen LogP contribution in [-0.4, -0.2) is 114 Å². The van der Waals surface area contributed by atoms with Gasteiger partial charge in [0.05, 0.1) is 6.61 Å². The van der Waals surface area contributed by atoms with E-state index in [-0.39, 0.29) is 12.8 Å². The molecule has 0 saturated heterocycles. The second kappa shape index (κ2) is 35.3. The van der Waals surface area contributed by atoms with E-state index in [2.05, 4.69) is 16.0 Å². The lowest BCUT2D eigenvalue weighted by Crippen LogP contribution is -2.65. The summed E-state index contributed by atoms with van der Waals surface area (Å²) in [6.07, 6.45) is 12.1. The number of ether oxygens (including phenoxy) is 2. The van der Waals surface area contributed by atoms with Crippen molar-refractivity contribution in [1.29, 1.82) is 0 Å². The summed E-state index contributed by atoms with van der Waals surface area (Å²) in [5, 5.41) is 31.8. The number of hydrogen-bond acceptors (Lipinski definition) is 15. The summed E-state index contributed by atoms with van der Waals surface area (Å²) < 4.78 is 65.4. The van der Waals surface area contributed by atoms with Crippen molar-refractivity contribution in [2.45, 2.75) is 229 Å². The van der Waals surface area contributed by atoms with E-state index in [4.69, 9.17) is 24.3 Å². The summed E-state index contributed by atoms with van der Waals surface area (Å²) in [6, 6.07) is 0. The number of unbranched alkanes of at least 4 members (excludes halogenated alkanes) is 24. The topological polar surface area (TPSA) is 329 Å². The Morgan fingerprint density at radius 1 is 0.484 bits per heavy atom. The van der Waals surface area contributed by atoms with E-state index in [1.807, 2.05) is 0 Å². The molecule has 1 saturated carbocycles. The van der Waals surface area contributed by atoms with Crippen molar-refractivity contribution in [3.8, 4) is 0 Å². The van der Waals surface area contributed by atoms with Gasteiger partial charge in [-0.1, -0.05) is 155 Å². The molecule has 8 atom stereocenters. The van der Waals surface area contributed by atoms with Crippen LogP contribution < -0.4 is 5.73 Å². The normalized spacial score (nSPS) is 22.0. The largest absolute Gasteiger partial charge is 0.472 e. The number of aliphatic hydroxyl groups excluding tert-OH is 3. The molecular weight excluding hydrogens is 903 g/mol. The molecular formula is C41H82NO19P3. The first kappa shape index (κ1) is 61.1. The van der Waals surface area contributed by atoms with Crippen molar-refractivity contribution >= 4 is 35.4 Å². The highest BCUT2D eigenvalue weighted by Gasteiger charge is 2.56. The van der Waals surface area contributed by atoms with Crippen molar-refractivity contribution in [3.63, 3.8) is 0 Å². The number of hydrogen-bond donors (Lipinski definition) is 9. The predicted molar refractivity (Wildman–Crippen MR) is 237 cm³/mol. The fourth-order valence-corrected chi connectivity index (χ4v) is 9.57. The molecule has 1 aliphatic rings. The van der Waals surface area contributed by atoms with E-state index in [1.165, 1.54) is 89.9 Å². The van der Waals surface area contributed by atoms with E-state index in [0.717, 1.165) is 70.8 Å². The van der Waals surface area contributed by atoms with Crippen molar-refractivity contribution < 1.29 is 90.6 Å². The third-order valence-corrected chi connectivity index (χ3v) is 13.0. The predicted octanol–water partition coefficient (Wildman–Crippen LogP) is 6.90. The number of esters is 2. The Kier molecular flexibility index (Phi) is 33.7. The molecule has 0 amide bonds. The second-order valence-electron chi connectivity index (χ2n) is 16.8. The lowest BCUT2D eigenvalue weighted by atomic mass is 9.85. The monoisotopic (exact) mass is 985 g/mol. The van der Waals surface area contributed by atoms with Crippen LogP contribution in [0, 0.1) is 0 Å². The van der Waals surface area contributed by atoms with Gasteiger partial charge in [-0.05, 0) is 25.8 Å². The summed E-state index contributed by atoms with van der Waals surface area (Å²) >= 11 is 0. The van der Waals surface area contributed by atoms with Gasteiger partial charge in [-0.25, -0.2) is 13.7 Å². The smallest absolute Gasteiger partial charge is 0.462 e. The average molecular weight is 986 g/mol. The lowest BCUT2D eigenvalue weighted by Gasteiger charge is -2.44. The van der Waals surface area contributed by atoms with E-state index in [1.54, 1.807) is 0 Å². The van der Waals surface area contributed by atoms with Crippen molar-refractivity contribution in [1.82, 2.24) is 0 Å². The molecule has 64 heavy (non-hydrogen) atoms. The lowest BCUT2D eigenvalue weighted by molar-refractivity contribution is -0.213. The molecule has 0 spiro atoms. The Hall–Kier alpha value is -0.890. The summed E-state index contributed by atoms with van der Waals surface area (Å²) in [6.45, 7) is 1.48. The summed E-state index contributed by atoms with van der Waals surface area (Å²) in [4.78, 5) is 73.1. The van der Waals surface area contributed by atoms with Crippen LogP contribution in [0.15, 0.2) is 0 Å². The number of phosphoric ester groups is 3. The van der Waals surface area contributed by atoms with Crippen LogP contribution in [0.5, 0.6) is 0 Å². The molecule has 4 unspecified atom stereocenters. The molecule has 1 rings (SSSR count). The van der Waals surface area contributed by atoms with E-state index >= 15 is 0 Å². The molecule has 0 aromatic heterocycles. The molecule has 10 N–H and O–H groups in total. The third kappa shape index (κ3) is 31.2. The Balaban J connectivity index is 2.73. The van der Waals surface area contributed by atoms with Crippen molar-refractivity contribution in [2.75, 3.05) is 19.8 Å². The first-order chi connectivity index (χ1) is 30.3. The van der Waals surface area contributed by atoms with Crippen LogP contribution in [0.2, 0.25) is 0 Å². The van der Waals surface area contributed by atoms with Gasteiger partial charge >= 0.3 is 35.4 Å². The van der Waals surface area contributed by atoms with Crippen molar-refractivity contribution in [2.24, 2.45) is 5.73 Å². The van der Waals surface area contributed by atoms with Crippen LogP contribution in [-0.2, 0) is 50.9 Å². The van der Waals surface area contributed by atoms with Crippen LogP contribution in [0.25, 0.3) is 0 Å². The van der Waals surface area contributed by atoms with Crippen LogP contribution in [0.3, 0.4) is 0 Å². The zero-order valence-electron chi connectivity index (χ0n) is 37.9. The molecule has 0 aromatic rings. The Morgan fingerprint density at radius 2 is 0.844 bits per heavy atom. The first-order valence-electron chi connectivity index (χ1n) is 23.5. The maximum atomic E-state index is 13.1. The number of phosphoric acid groups is 3. The minimum absolute atomic E-state index is 0.00187. The number of nitrogens with two attached hydrogens (primary N) is 1. The summed E-state index contributed by atoms with van der Waals surface area (Å²) in [7, 11) is -16.6. The van der Waals surface area contributed by atoms with E-state index in [9.17, 15) is 63.1 Å². The maximum Gasteiger partial charge on any atom is 0.472 e. The van der Waals surface area contributed by atoms with Gasteiger partial charge in [0.15, 0.2) is 6.10 Å². The van der Waals surface area contributed by atoms with Crippen molar-refractivity contribution in [3.05, 3.63) is 0 Å². The quantitative estimate of drug-likeness (QED) is 0.0171. The molecule has 0 aliphatic heterocycles. The minimum Gasteiger partial charge on any atom is -0.462 e. The van der Waals surface area contributed by atoms with Gasteiger partial charge in [0.2, 0.25) is 0 Å². The number of carbonyl (C=O) groups is 2. The summed E-state index contributed by atoms with van der Waals surface area (Å²) in [5.41, 5.74) is 5.53. The highest BCUT2D eigenvalue weighted by molar-refractivity contribution is 7.47. The molecule has 0 bridgehead atoms. The highest BCUT2D eigenvalue weighted by atomic mass is 31.2. The SMILES string of the molecule is CCCCCCCCCCCCCCCC(=O)O[C@H](COC(=O)CCCCCCCCCCCCCCCN)COP(=O)(O)OC1C(O)[C@@H](OP(=O)(O)O)C(OP(=O)(O)O)[C@@H](O)[C@H]1O. The van der Waals surface area contributed by atoms with Crippen LogP contribution >= 0.6 is 23.5 Å². The standard InChI is InChI=1S/C41H82NO19P3/c1-2-3-4-5-6-7-8-10-14-17-20-23-26-29-35(44)58-33(31-56-34(43)28-25-22-19-16-13-11-9-12-15-18-21-24-27-30-42)32-57-64(54,55)61-39-36(45)37(46)40(59-62(48,49)50)41(38(39)47)60-63(51,52)53/h33,36-41,45-47H,2-32,42H2,1H3,(H,54,55)(H2,48,49,50)(H2,51,52,53)/t33-,36-,37+,38?,39?,40?,41-/m1/s1. The molecule has 380 valence electrons. The fourth-order valence-electron chi connectivity index (χ4n) is 7.48. The van der Waals surface area contributed by atoms with Gasteiger partial charge in [0.1, 0.15) is 43.2 Å². The molecule has 1 aliphatic carbocycles. The Bertz CT molecular complexity index is 1370. The van der Waals surface area contributed by atoms with Crippen LogP contribution in [0.1, 0.15) is 187 Å². The van der Waals surface area contributed by atoms with Gasteiger partial charge in [0.25, 0.3) is 0 Å². The van der Waals surface area contributed by atoms with Gasteiger partial charge in [0, 0.05) is 12.8 Å². The molecule has 20 nitrogen and oxygen atoms in total. The molecule has 1 fully saturated rings. The van der Waals surface area contributed by atoms with E-state index in [0.29, 0.717) is 12.8 Å².